The lowest BCUT2D eigenvalue weighted by Crippen LogP contribution is -2.33. The van der Waals surface area contributed by atoms with Crippen molar-refractivity contribution >= 4 is 29.4 Å². The van der Waals surface area contributed by atoms with Crippen LogP contribution in [0.25, 0.3) is 0 Å². The van der Waals surface area contributed by atoms with E-state index in [2.05, 4.69) is 57.3 Å². The normalized spacial score (nSPS) is 11.9. The molecular formula is C28H29N7O3. The summed E-state index contributed by atoms with van der Waals surface area (Å²) < 4.78 is 0. The second-order valence-electron chi connectivity index (χ2n) is 9.85. The zero-order valence-corrected chi connectivity index (χ0v) is 21.6. The number of H-pyrrole nitrogens is 1. The maximum absolute atomic E-state index is 13.0. The zero-order chi connectivity index (χ0) is 27.3. The molecule has 0 aliphatic heterocycles. The van der Waals surface area contributed by atoms with Gasteiger partial charge in [-0.25, -0.2) is 4.79 Å². The molecule has 10 nitrogen and oxygen atoms in total. The molecule has 4 N–H and O–H groups in total. The number of hydrogen-bond acceptors (Lipinski definition) is 6. The molecule has 0 aliphatic carbocycles. The molecule has 3 aromatic carbocycles. The number of carbonyl (C=O) groups is 3. The van der Waals surface area contributed by atoms with Gasteiger partial charge in [-0.1, -0.05) is 74.4 Å². The quantitative estimate of drug-likeness (QED) is 0.261. The molecule has 1 unspecified atom stereocenters. The number of nitrogens with one attached hydrogen (secondary N) is 4. The summed E-state index contributed by atoms with van der Waals surface area (Å²) in [6, 6.07) is 20.8. The molecular weight excluding hydrogens is 482 g/mol. The smallest absolute Gasteiger partial charge is 0.319 e. The first-order valence-electron chi connectivity index (χ1n) is 12.0. The van der Waals surface area contributed by atoms with E-state index in [0.29, 0.717) is 16.8 Å². The van der Waals surface area contributed by atoms with E-state index in [1.54, 1.807) is 48.5 Å². The van der Waals surface area contributed by atoms with Crippen molar-refractivity contribution in [3.8, 4) is 0 Å². The largest absolute Gasteiger partial charge is 0.327 e. The minimum absolute atomic E-state index is 0.0196. The molecule has 38 heavy (non-hydrogen) atoms. The molecule has 1 heterocycles. The fourth-order valence-electron chi connectivity index (χ4n) is 3.86. The third kappa shape index (κ3) is 6.47. The number of hydrogen-bond donors (Lipinski definition) is 4. The van der Waals surface area contributed by atoms with Gasteiger partial charge in [-0.15, -0.1) is 5.10 Å². The van der Waals surface area contributed by atoms with Crippen molar-refractivity contribution < 1.29 is 14.4 Å². The summed E-state index contributed by atoms with van der Waals surface area (Å²) in [5.74, 6) is -0.405. The van der Waals surface area contributed by atoms with Gasteiger partial charge in [0, 0.05) is 16.8 Å². The van der Waals surface area contributed by atoms with Gasteiger partial charge in [0.05, 0.1) is 6.04 Å². The summed E-state index contributed by atoms with van der Waals surface area (Å²) in [5.41, 5.74) is 4.20. The highest BCUT2D eigenvalue weighted by Gasteiger charge is 2.20. The zero-order valence-electron chi connectivity index (χ0n) is 21.6. The number of ketones is 1. The predicted molar refractivity (Wildman–Crippen MR) is 144 cm³/mol. The van der Waals surface area contributed by atoms with E-state index >= 15 is 0 Å². The molecule has 1 aromatic heterocycles. The summed E-state index contributed by atoms with van der Waals surface area (Å²) in [6.45, 7) is 7.89. The van der Waals surface area contributed by atoms with Crippen molar-refractivity contribution in [1.82, 2.24) is 25.9 Å². The SMILES string of the molecule is CC(=O)c1cccc(NC(=O)NC(c2ccc(C(=O)Nc3nn[nH]n3)cc2)c2ccc(C(C)(C)C)cc2)c1. The molecule has 0 spiro atoms. The lowest BCUT2D eigenvalue weighted by Gasteiger charge is -2.23. The van der Waals surface area contributed by atoms with Crippen LogP contribution in [0, 0.1) is 0 Å². The second-order valence-corrected chi connectivity index (χ2v) is 9.85. The van der Waals surface area contributed by atoms with Crippen LogP contribution in [0.5, 0.6) is 0 Å². The van der Waals surface area contributed by atoms with Crippen LogP contribution in [0.1, 0.15) is 71.1 Å². The Morgan fingerprint density at radius 1 is 0.842 bits per heavy atom. The van der Waals surface area contributed by atoms with Crippen LogP contribution in [0.15, 0.2) is 72.8 Å². The van der Waals surface area contributed by atoms with Crippen LogP contribution in [0.3, 0.4) is 0 Å². The maximum Gasteiger partial charge on any atom is 0.319 e. The summed E-state index contributed by atoms with van der Waals surface area (Å²) in [6.07, 6.45) is 0. The highest BCUT2D eigenvalue weighted by atomic mass is 16.2. The van der Waals surface area contributed by atoms with Gasteiger partial charge in [-0.05, 0) is 58.5 Å². The van der Waals surface area contributed by atoms with Crippen molar-refractivity contribution in [3.63, 3.8) is 0 Å². The first-order valence-corrected chi connectivity index (χ1v) is 12.0. The Bertz CT molecular complexity index is 1420. The van der Waals surface area contributed by atoms with Gasteiger partial charge in [0.1, 0.15) is 0 Å². The molecule has 0 saturated carbocycles. The van der Waals surface area contributed by atoms with Gasteiger partial charge < -0.3 is 10.6 Å². The van der Waals surface area contributed by atoms with Crippen LogP contribution in [-0.4, -0.2) is 38.3 Å². The van der Waals surface area contributed by atoms with E-state index in [0.717, 1.165) is 11.1 Å². The first-order chi connectivity index (χ1) is 18.1. The van der Waals surface area contributed by atoms with E-state index in [1.165, 1.54) is 12.5 Å². The maximum atomic E-state index is 13.0. The van der Waals surface area contributed by atoms with Crippen LogP contribution < -0.4 is 16.0 Å². The van der Waals surface area contributed by atoms with Crippen LogP contribution >= 0.6 is 0 Å². The van der Waals surface area contributed by atoms with Crippen molar-refractivity contribution in [2.24, 2.45) is 0 Å². The molecule has 10 heteroatoms. The number of aromatic amines is 1. The molecule has 0 radical (unpaired) electrons. The highest BCUT2D eigenvalue weighted by molar-refractivity contribution is 6.03. The number of Topliss-reactive ketones (excluding diaryl/α,β-unsaturated/α-hetero) is 1. The average Bonchev–Trinajstić information content (AvgIpc) is 3.40. The Morgan fingerprint density at radius 2 is 1.50 bits per heavy atom. The number of carbonyl (C=O) groups excluding carboxylic acids is 3. The Balaban J connectivity index is 1.58. The first kappa shape index (κ1) is 26.2. The van der Waals surface area contributed by atoms with E-state index in [4.69, 9.17) is 0 Å². The Hall–Kier alpha value is -4.86. The molecule has 4 rings (SSSR count). The number of urea groups is 1. The Kier molecular flexibility index (Phi) is 7.61. The van der Waals surface area contributed by atoms with Crippen LogP contribution in [0.2, 0.25) is 0 Å². The number of tetrazole rings is 1. The highest BCUT2D eigenvalue weighted by Crippen LogP contribution is 2.27. The number of rotatable bonds is 7. The monoisotopic (exact) mass is 511 g/mol. The van der Waals surface area contributed by atoms with E-state index in [1.807, 2.05) is 24.3 Å². The molecule has 1 atom stereocenters. The number of amides is 3. The molecule has 0 bridgehead atoms. The fourth-order valence-corrected chi connectivity index (χ4v) is 3.86. The third-order valence-electron chi connectivity index (χ3n) is 5.99. The minimum atomic E-state index is -0.505. The van der Waals surface area contributed by atoms with Gasteiger partial charge in [0.15, 0.2) is 5.78 Å². The van der Waals surface area contributed by atoms with E-state index in [9.17, 15) is 14.4 Å². The summed E-state index contributed by atoms with van der Waals surface area (Å²) in [4.78, 5) is 37.3. The summed E-state index contributed by atoms with van der Waals surface area (Å²) in [5, 5.41) is 21.5. The topological polar surface area (TPSA) is 142 Å². The number of nitrogens with zero attached hydrogens (tertiary/aromatic N) is 3. The lowest BCUT2D eigenvalue weighted by molar-refractivity contribution is 0.101. The average molecular weight is 512 g/mol. The fraction of sp³-hybridized carbons (Fsp3) is 0.214. The summed E-state index contributed by atoms with van der Waals surface area (Å²) >= 11 is 0. The van der Waals surface area contributed by atoms with Crippen LogP contribution in [-0.2, 0) is 5.41 Å². The van der Waals surface area contributed by atoms with Gasteiger partial charge in [0.25, 0.3) is 11.9 Å². The van der Waals surface area contributed by atoms with Crippen molar-refractivity contribution in [1.29, 1.82) is 0 Å². The van der Waals surface area contributed by atoms with Crippen molar-refractivity contribution in [3.05, 3.63) is 101 Å². The van der Waals surface area contributed by atoms with Crippen molar-refractivity contribution in [2.75, 3.05) is 10.6 Å². The molecule has 0 saturated heterocycles. The molecule has 0 fully saturated rings. The number of benzene rings is 3. The summed E-state index contributed by atoms with van der Waals surface area (Å²) in [7, 11) is 0. The lowest BCUT2D eigenvalue weighted by atomic mass is 9.85. The molecule has 3 amide bonds. The Labute approximate surface area is 220 Å². The van der Waals surface area contributed by atoms with E-state index in [-0.39, 0.29) is 23.1 Å². The third-order valence-corrected chi connectivity index (χ3v) is 5.99. The van der Waals surface area contributed by atoms with E-state index < -0.39 is 12.1 Å². The standard InChI is InChI=1S/C28H29N7O3/c1-17(36)21-6-5-7-23(16-21)29-27(38)30-24(19-12-14-22(15-13-19)28(2,3)4)18-8-10-20(11-9-18)25(37)31-26-32-34-35-33-26/h5-16,24H,1-4H3,(H2,29,30,38)(H2,31,32,33,34,35,37). The predicted octanol–water partition coefficient (Wildman–Crippen LogP) is 4.86. The molecule has 0 aliphatic rings. The number of aromatic nitrogens is 4. The Morgan fingerprint density at radius 3 is 2.08 bits per heavy atom. The molecule has 4 aromatic rings. The van der Waals surface area contributed by atoms with Gasteiger partial charge in [-0.3, -0.25) is 14.9 Å². The van der Waals surface area contributed by atoms with Crippen molar-refractivity contribution in [2.45, 2.75) is 39.2 Å². The van der Waals surface area contributed by atoms with Gasteiger partial charge in [0.2, 0.25) is 0 Å². The van der Waals surface area contributed by atoms with Gasteiger partial charge in [-0.2, -0.15) is 5.21 Å². The van der Waals surface area contributed by atoms with Crippen LogP contribution in [0.4, 0.5) is 16.4 Å². The minimum Gasteiger partial charge on any atom is -0.327 e. The molecule has 194 valence electrons. The van der Waals surface area contributed by atoms with Gasteiger partial charge >= 0.3 is 6.03 Å². The number of anilines is 2. The second kappa shape index (κ2) is 11.0.